The summed E-state index contributed by atoms with van der Waals surface area (Å²) in [4.78, 5) is 20.7. The maximum atomic E-state index is 13.9. The van der Waals surface area contributed by atoms with Gasteiger partial charge in [0.25, 0.3) is 5.91 Å². The molecule has 1 fully saturated rings. The first-order valence-corrected chi connectivity index (χ1v) is 10.7. The van der Waals surface area contributed by atoms with E-state index in [0.29, 0.717) is 18.1 Å². The van der Waals surface area contributed by atoms with Gasteiger partial charge in [-0.2, -0.15) is 0 Å². The van der Waals surface area contributed by atoms with Gasteiger partial charge in [-0.3, -0.25) is 4.79 Å². The van der Waals surface area contributed by atoms with Crippen molar-refractivity contribution in [3.8, 4) is 16.4 Å². The van der Waals surface area contributed by atoms with E-state index in [1.165, 1.54) is 29.0 Å². The van der Waals surface area contributed by atoms with Crippen LogP contribution in [0.25, 0.3) is 16.4 Å². The molecule has 1 aliphatic heterocycles. The molecular weight excluding hydrogens is 399 g/mol. The first-order chi connectivity index (χ1) is 14.6. The van der Waals surface area contributed by atoms with Gasteiger partial charge in [-0.25, -0.2) is 14.1 Å². The molecule has 2 aromatic heterocycles. The zero-order valence-corrected chi connectivity index (χ0v) is 16.8. The fraction of sp³-hybridized carbons (Fsp3) is 0.174. The molecule has 7 heteroatoms. The minimum absolute atomic E-state index is 0.0912. The number of carbonyl (C=O) groups is 1. The number of nitrogens with zero attached hydrogens (tertiary/aromatic N) is 4. The molecule has 3 heterocycles. The number of hydrogen-bond donors (Lipinski definition) is 0. The highest BCUT2D eigenvalue weighted by Gasteiger charge is 2.53. The second kappa shape index (κ2) is 6.34. The predicted molar refractivity (Wildman–Crippen MR) is 114 cm³/mol. The molecule has 6 rings (SSSR count). The molecule has 5 nitrogen and oxygen atoms in total. The summed E-state index contributed by atoms with van der Waals surface area (Å²) in [7, 11) is 0. The minimum Gasteiger partial charge on any atom is -0.304 e. The third-order valence-electron chi connectivity index (χ3n) is 5.92. The lowest BCUT2D eigenvalue weighted by molar-refractivity contribution is 0.0977. The van der Waals surface area contributed by atoms with E-state index in [2.05, 4.69) is 16.1 Å². The average molecular weight is 416 g/mol. The molecule has 1 spiro atoms. The molecule has 1 aliphatic carbocycles. The van der Waals surface area contributed by atoms with Crippen LogP contribution in [0.15, 0.2) is 66.0 Å². The Hall–Kier alpha value is -3.32. The molecule has 1 amide bonds. The summed E-state index contributed by atoms with van der Waals surface area (Å²) in [6, 6.07) is 18.1. The van der Waals surface area contributed by atoms with Crippen LogP contribution in [-0.2, 0) is 5.41 Å². The van der Waals surface area contributed by atoms with E-state index in [0.717, 1.165) is 23.4 Å². The number of halogens is 1. The minimum atomic E-state index is -0.364. The number of carbonyl (C=O) groups excluding carboxylic acids is 1. The molecule has 2 aliphatic rings. The van der Waals surface area contributed by atoms with Gasteiger partial charge in [0, 0.05) is 17.6 Å². The molecule has 0 radical (unpaired) electrons. The van der Waals surface area contributed by atoms with Gasteiger partial charge in [-0.1, -0.05) is 30.3 Å². The van der Waals surface area contributed by atoms with Crippen molar-refractivity contribution in [3.05, 3.63) is 83.2 Å². The predicted octanol–water partition coefficient (Wildman–Crippen LogP) is 4.83. The van der Waals surface area contributed by atoms with E-state index in [9.17, 15) is 9.18 Å². The van der Waals surface area contributed by atoms with Crippen molar-refractivity contribution in [1.29, 1.82) is 0 Å². The van der Waals surface area contributed by atoms with Gasteiger partial charge >= 0.3 is 0 Å². The van der Waals surface area contributed by atoms with E-state index >= 15 is 0 Å². The summed E-state index contributed by atoms with van der Waals surface area (Å²) in [5.74, 6) is 0.0686. The van der Waals surface area contributed by atoms with Crippen molar-refractivity contribution in [2.75, 3.05) is 11.4 Å². The number of para-hydroxylation sites is 1. The number of aromatic nitrogens is 3. The summed E-state index contributed by atoms with van der Waals surface area (Å²) in [6.45, 7) is 0.661. The second-order valence-corrected chi connectivity index (χ2v) is 8.76. The normalized spacial score (nSPS) is 16.1. The number of thiophene rings is 1. The van der Waals surface area contributed by atoms with Crippen LogP contribution in [0.4, 0.5) is 10.1 Å². The third kappa shape index (κ3) is 2.62. The molecule has 0 N–H and O–H groups in total. The van der Waals surface area contributed by atoms with E-state index in [-0.39, 0.29) is 23.0 Å². The maximum Gasteiger partial charge on any atom is 0.298 e. The summed E-state index contributed by atoms with van der Waals surface area (Å²) in [5, 5.41) is 6.46. The fourth-order valence-electron chi connectivity index (χ4n) is 4.27. The van der Waals surface area contributed by atoms with E-state index in [1.807, 2.05) is 35.7 Å². The van der Waals surface area contributed by atoms with Crippen LogP contribution in [0.3, 0.4) is 0 Å². The van der Waals surface area contributed by atoms with Crippen LogP contribution in [-0.4, -0.2) is 27.2 Å². The Morgan fingerprint density at radius 2 is 1.93 bits per heavy atom. The highest BCUT2D eigenvalue weighted by molar-refractivity contribution is 7.13. The molecule has 4 aromatic rings. The topological polar surface area (TPSA) is 51.0 Å². The number of hydrogen-bond acceptors (Lipinski definition) is 4. The van der Waals surface area contributed by atoms with Crippen LogP contribution in [0.2, 0.25) is 0 Å². The molecular formula is C23H17FN4OS. The first kappa shape index (κ1) is 17.5. The fourth-order valence-corrected chi connectivity index (χ4v) is 4.96. The van der Waals surface area contributed by atoms with Crippen molar-refractivity contribution in [1.82, 2.24) is 14.8 Å². The molecule has 0 atom stereocenters. The summed E-state index contributed by atoms with van der Waals surface area (Å²) < 4.78 is 15.4. The maximum absolute atomic E-state index is 13.9. The van der Waals surface area contributed by atoms with Gasteiger partial charge in [0.1, 0.15) is 5.82 Å². The molecule has 30 heavy (non-hydrogen) atoms. The zero-order chi connectivity index (χ0) is 20.3. The Bertz CT molecular complexity index is 1280. The Balaban J connectivity index is 1.45. The summed E-state index contributed by atoms with van der Waals surface area (Å²) in [6.07, 6.45) is 2.19. The Labute approximate surface area is 176 Å². The smallest absolute Gasteiger partial charge is 0.298 e. The highest BCUT2D eigenvalue weighted by atomic mass is 32.1. The van der Waals surface area contributed by atoms with Crippen LogP contribution >= 0.6 is 11.3 Å². The lowest BCUT2D eigenvalue weighted by Crippen LogP contribution is -2.32. The van der Waals surface area contributed by atoms with Crippen LogP contribution < -0.4 is 4.90 Å². The average Bonchev–Trinajstić information content (AvgIpc) is 3.13. The van der Waals surface area contributed by atoms with Gasteiger partial charge in [-0.15, -0.1) is 16.4 Å². The number of amides is 1. The molecule has 0 saturated heterocycles. The first-order valence-electron chi connectivity index (χ1n) is 9.83. The van der Waals surface area contributed by atoms with Gasteiger partial charge in [0.2, 0.25) is 5.82 Å². The Kier molecular flexibility index (Phi) is 3.70. The quantitative estimate of drug-likeness (QED) is 0.481. The van der Waals surface area contributed by atoms with Crippen molar-refractivity contribution in [3.63, 3.8) is 0 Å². The van der Waals surface area contributed by atoms with Crippen molar-refractivity contribution in [2.45, 2.75) is 18.3 Å². The molecule has 148 valence electrons. The molecule has 0 unspecified atom stereocenters. The molecule has 0 bridgehead atoms. The van der Waals surface area contributed by atoms with Gasteiger partial charge < -0.3 is 4.90 Å². The SMILES string of the molecule is O=C(c1nc(-c2cccs2)n(-c2cccc(F)c2)n1)N1CC2(CC2)c2ccccc21. The lowest BCUT2D eigenvalue weighted by Gasteiger charge is -2.15. The van der Waals surface area contributed by atoms with E-state index in [1.54, 1.807) is 21.7 Å². The van der Waals surface area contributed by atoms with Crippen molar-refractivity contribution in [2.24, 2.45) is 0 Å². The Morgan fingerprint density at radius 3 is 2.70 bits per heavy atom. The van der Waals surface area contributed by atoms with Gasteiger partial charge in [0.05, 0.1) is 10.6 Å². The van der Waals surface area contributed by atoms with Crippen LogP contribution in [0.1, 0.15) is 29.0 Å². The Morgan fingerprint density at radius 1 is 1.07 bits per heavy atom. The third-order valence-corrected chi connectivity index (χ3v) is 6.78. The van der Waals surface area contributed by atoms with Crippen molar-refractivity contribution >= 4 is 22.9 Å². The monoisotopic (exact) mass is 416 g/mol. The van der Waals surface area contributed by atoms with E-state index < -0.39 is 0 Å². The van der Waals surface area contributed by atoms with Crippen LogP contribution in [0.5, 0.6) is 0 Å². The number of rotatable bonds is 3. The number of fused-ring (bicyclic) bond motifs is 2. The summed E-state index contributed by atoms with van der Waals surface area (Å²) in [5.41, 5.74) is 2.81. The largest absolute Gasteiger partial charge is 0.304 e. The van der Waals surface area contributed by atoms with Gasteiger partial charge in [-0.05, 0) is 54.1 Å². The summed E-state index contributed by atoms with van der Waals surface area (Å²) >= 11 is 1.50. The number of anilines is 1. The van der Waals surface area contributed by atoms with Crippen LogP contribution in [0, 0.1) is 5.82 Å². The number of benzene rings is 2. The van der Waals surface area contributed by atoms with Crippen molar-refractivity contribution < 1.29 is 9.18 Å². The molecule has 1 saturated carbocycles. The van der Waals surface area contributed by atoms with E-state index in [4.69, 9.17) is 0 Å². The molecule has 2 aromatic carbocycles. The highest BCUT2D eigenvalue weighted by Crippen LogP contribution is 2.56. The standard InChI is InChI=1S/C23H17FN4OS/c24-15-5-3-6-16(13-15)28-21(19-9-4-12-30-19)25-20(26-28)22(29)27-14-23(10-11-23)17-7-1-2-8-18(17)27/h1-9,12-13H,10-11,14H2. The zero-order valence-electron chi connectivity index (χ0n) is 16.0. The lowest BCUT2D eigenvalue weighted by atomic mass is 9.99. The second-order valence-electron chi connectivity index (χ2n) is 7.82. The van der Waals surface area contributed by atoms with Gasteiger partial charge in [0.15, 0.2) is 5.82 Å².